The lowest BCUT2D eigenvalue weighted by atomic mass is 10.1. The highest BCUT2D eigenvalue weighted by Gasteiger charge is 2.37. The molecule has 0 aliphatic carbocycles. The first kappa shape index (κ1) is 23.1. The second-order valence-electron chi connectivity index (χ2n) is 5.52. The molecule has 1 rings (SSSR count). The Morgan fingerprint density at radius 2 is 1.71 bits per heavy atom. The summed E-state index contributed by atoms with van der Waals surface area (Å²) in [5.41, 5.74) is 7.50. The Morgan fingerprint density at radius 1 is 1.12 bits per heavy atom. The Labute approximate surface area is 153 Å². The number of benzene rings is 1. The standard InChI is InChI=1S/C17H30N2O3Si.ClH/c1-5-19(15-16-9-7-6-8-10-16)13-11-17(18)12-14-23(20-2,21-3)22-4;/h5-10,17H,1,11-15,18H2,2-4H3;1H. The van der Waals surface area contributed by atoms with Gasteiger partial charge in [-0.25, -0.2) is 0 Å². The second kappa shape index (κ2) is 12.5. The molecule has 0 aliphatic rings. The van der Waals surface area contributed by atoms with Crippen molar-refractivity contribution >= 4 is 21.2 Å². The highest BCUT2D eigenvalue weighted by Crippen LogP contribution is 2.17. The van der Waals surface area contributed by atoms with Gasteiger partial charge in [-0.1, -0.05) is 36.9 Å². The lowest BCUT2D eigenvalue weighted by Crippen LogP contribution is -2.44. The molecule has 1 aromatic carbocycles. The van der Waals surface area contributed by atoms with Gasteiger partial charge in [0.05, 0.1) is 0 Å². The minimum absolute atomic E-state index is 0. The first-order valence-corrected chi connectivity index (χ1v) is 9.84. The minimum atomic E-state index is -2.52. The van der Waals surface area contributed by atoms with Crippen LogP contribution in [-0.2, 0) is 19.8 Å². The van der Waals surface area contributed by atoms with E-state index < -0.39 is 8.80 Å². The quantitative estimate of drug-likeness (QED) is 0.570. The Bertz CT molecular complexity index is 438. The average Bonchev–Trinajstić information content (AvgIpc) is 2.61. The average molecular weight is 375 g/mol. The van der Waals surface area contributed by atoms with Crippen molar-refractivity contribution in [1.82, 2.24) is 4.90 Å². The third-order valence-electron chi connectivity index (χ3n) is 4.03. The molecule has 0 amide bonds. The maximum Gasteiger partial charge on any atom is 0.500 e. The van der Waals surface area contributed by atoms with Gasteiger partial charge < -0.3 is 23.9 Å². The fraction of sp³-hybridized carbons (Fsp3) is 0.529. The molecule has 0 spiro atoms. The summed E-state index contributed by atoms with van der Waals surface area (Å²) in [5, 5.41) is 0. The summed E-state index contributed by atoms with van der Waals surface area (Å²) >= 11 is 0. The zero-order chi connectivity index (χ0) is 17.1. The molecular weight excluding hydrogens is 344 g/mol. The molecule has 5 nitrogen and oxygen atoms in total. The van der Waals surface area contributed by atoms with Gasteiger partial charge in [0.15, 0.2) is 0 Å². The molecule has 138 valence electrons. The molecule has 1 atom stereocenters. The van der Waals surface area contributed by atoms with E-state index in [1.165, 1.54) is 5.56 Å². The van der Waals surface area contributed by atoms with Crippen molar-refractivity contribution in [2.24, 2.45) is 5.73 Å². The molecule has 7 heteroatoms. The van der Waals surface area contributed by atoms with Gasteiger partial charge in [-0.2, -0.15) is 0 Å². The number of nitrogens with zero attached hydrogens (tertiary/aromatic N) is 1. The lowest BCUT2D eigenvalue weighted by Gasteiger charge is -2.26. The van der Waals surface area contributed by atoms with Crippen molar-refractivity contribution < 1.29 is 13.3 Å². The van der Waals surface area contributed by atoms with E-state index in [9.17, 15) is 0 Å². The van der Waals surface area contributed by atoms with Crippen LogP contribution in [0.4, 0.5) is 0 Å². The number of halogens is 1. The Kier molecular flexibility index (Phi) is 12.0. The zero-order valence-electron chi connectivity index (χ0n) is 14.9. The summed E-state index contributed by atoms with van der Waals surface area (Å²) in [6, 6.07) is 11.2. The molecule has 0 bridgehead atoms. The van der Waals surface area contributed by atoms with Crippen LogP contribution < -0.4 is 5.73 Å². The zero-order valence-corrected chi connectivity index (χ0v) is 16.8. The predicted molar refractivity (Wildman–Crippen MR) is 103 cm³/mol. The van der Waals surface area contributed by atoms with E-state index in [4.69, 9.17) is 19.0 Å². The van der Waals surface area contributed by atoms with E-state index in [1.807, 2.05) is 24.4 Å². The maximum atomic E-state index is 6.24. The molecule has 0 radical (unpaired) electrons. The Hall–Kier alpha value is -0.893. The number of rotatable bonds is 12. The van der Waals surface area contributed by atoms with E-state index in [0.717, 1.165) is 32.0 Å². The number of hydrogen-bond donors (Lipinski definition) is 1. The van der Waals surface area contributed by atoms with Crippen LogP contribution >= 0.6 is 12.4 Å². The molecule has 1 unspecified atom stereocenters. The molecule has 0 aliphatic heterocycles. The summed E-state index contributed by atoms with van der Waals surface area (Å²) in [6.07, 6.45) is 3.58. The smallest absolute Gasteiger partial charge is 0.377 e. The number of nitrogens with two attached hydrogens (primary N) is 1. The normalized spacial score (nSPS) is 12.3. The van der Waals surface area contributed by atoms with Crippen LogP contribution in [0, 0.1) is 0 Å². The summed E-state index contributed by atoms with van der Waals surface area (Å²) in [5.74, 6) is 0. The van der Waals surface area contributed by atoms with Gasteiger partial charge in [0, 0.05) is 46.5 Å². The van der Waals surface area contributed by atoms with Crippen LogP contribution in [0.1, 0.15) is 18.4 Å². The fourth-order valence-electron chi connectivity index (χ4n) is 2.45. The highest BCUT2D eigenvalue weighted by atomic mass is 35.5. The van der Waals surface area contributed by atoms with Gasteiger partial charge in [-0.05, 0) is 24.6 Å². The largest absolute Gasteiger partial charge is 0.500 e. The molecule has 0 fully saturated rings. The summed E-state index contributed by atoms with van der Waals surface area (Å²) < 4.78 is 16.3. The summed E-state index contributed by atoms with van der Waals surface area (Å²) in [4.78, 5) is 2.18. The van der Waals surface area contributed by atoms with E-state index in [1.54, 1.807) is 21.3 Å². The van der Waals surface area contributed by atoms with Crippen LogP contribution in [0.5, 0.6) is 0 Å². The van der Waals surface area contributed by atoms with Gasteiger partial charge in [-0.3, -0.25) is 0 Å². The molecule has 24 heavy (non-hydrogen) atoms. The Morgan fingerprint density at radius 3 is 2.21 bits per heavy atom. The van der Waals surface area contributed by atoms with Gasteiger partial charge in [0.1, 0.15) is 0 Å². The lowest BCUT2D eigenvalue weighted by molar-refractivity contribution is 0.122. The summed E-state index contributed by atoms with van der Waals surface area (Å²) in [6.45, 7) is 5.62. The molecule has 0 saturated heterocycles. The van der Waals surface area contributed by atoms with Crippen LogP contribution in [0.25, 0.3) is 0 Å². The van der Waals surface area contributed by atoms with E-state index in [0.29, 0.717) is 0 Å². The third-order valence-corrected chi connectivity index (χ3v) is 6.80. The van der Waals surface area contributed by atoms with E-state index >= 15 is 0 Å². The van der Waals surface area contributed by atoms with Crippen molar-refractivity contribution in [2.75, 3.05) is 27.9 Å². The molecular formula is C17H31ClN2O3Si. The SMILES string of the molecule is C=CN(CCC(N)CC[Si](OC)(OC)OC)Cc1ccccc1.Cl. The maximum absolute atomic E-state index is 6.24. The van der Waals surface area contributed by atoms with E-state index in [-0.39, 0.29) is 18.4 Å². The molecule has 2 N–H and O–H groups in total. The Balaban J connectivity index is 0.00000529. The van der Waals surface area contributed by atoms with Crippen molar-refractivity contribution in [1.29, 1.82) is 0 Å². The van der Waals surface area contributed by atoms with Gasteiger partial charge in [0.25, 0.3) is 0 Å². The van der Waals surface area contributed by atoms with Gasteiger partial charge >= 0.3 is 8.80 Å². The molecule has 0 heterocycles. The topological polar surface area (TPSA) is 57.0 Å². The number of hydrogen-bond acceptors (Lipinski definition) is 5. The molecule has 1 aromatic rings. The van der Waals surface area contributed by atoms with Crippen LogP contribution in [0.3, 0.4) is 0 Å². The minimum Gasteiger partial charge on any atom is -0.377 e. The third kappa shape index (κ3) is 7.79. The monoisotopic (exact) mass is 374 g/mol. The predicted octanol–water partition coefficient (Wildman–Crippen LogP) is 3.04. The molecule has 0 saturated carbocycles. The van der Waals surface area contributed by atoms with Gasteiger partial charge in [0.2, 0.25) is 0 Å². The first-order chi connectivity index (χ1) is 11.1. The van der Waals surface area contributed by atoms with Crippen LogP contribution in [0.15, 0.2) is 43.1 Å². The van der Waals surface area contributed by atoms with Crippen LogP contribution in [-0.4, -0.2) is 47.6 Å². The van der Waals surface area contributed by atoms with Crippen molar-refractivity contribution in [2.45, 2.75) is 31.5 Å². The van der Waals surface area contributed by atoms with Crippen molar-refractivity contribution in [3.8, 4) is 0 Å². The molecule has 0 aromatic heterocycles. The van der Waals surface area contributed by atoms with Crippen LogP contribution in [0.2, 0.25) is 6.04 Å². The van der Waals surface area contributed by atoms with Crippen molar-refractivity contribution in [3.63, 3.8) is 0 Å². The fourth-order valence-corrected chi connectivity index (χ4v) is 4.28. The van der Waals surface area contributed by atoms with E-state index in [2.05, 4.69) is 23.6 Å². The van der Waals surface area contributed by atoms with Gasteiger partial charge in [-0.15, -0.1) is 12.4 Å². The summed E-state index contributed by atoms with van der Waals surface area (Å²) in [7, 11) is 2.37. The van der Waals surface area contributed by atoms with Crippen molar-refractivity contribution in [3.05, 3.63) is 48.7 Å². The first-order valence-electron chi connectivity index (χ1n) is 7.90. The second-order valence-corrected chi connectivity index (χ2v) is 8.61. The highest BCUT2D eigenvalue weighted by molar-refractivity contribution is 6.60.